The smallest absolute Gasteiger partial charge is 0.307 e. The summed E-state index contributed by atoms with van der Waals surface area (Å²) in [7, 11) is 0. The molecule has 0 atom stereocenters. The summed E-state index contributed by atoms with van der Waals surface area (Å²) in [5, 5.41) is 5.20. The molecule has 0 fully saturated rings. The van der Waals surface area contributed by atoms with E-state index in [4.69, 9.17) is 11.6 Å². The molecule has 0 saturated heterocycles. The third kappa shape index (κ3) is 3.46. The number of anilines is 2. The van der Waals surface area contributed by atoms with Crippen LogP contribution in [0.15, 0.2) is 40.9 Å². The highest BCUT2D eigenvalue weighted by atomic mass is 79.9. The van der Waals surface area contributed by atoms with Crippen LogP contribution in [0.5, 0.6) is 0 Å². The van der Waals surface area contributed by atoms with Crippen molar-refractivity contribution in [2.45, 2.75) is 0 Å². The van der Waals surface area contributed by atoms with Gasteiger partial charge in [-0.05, 0) is 40.2 Å². The molecule has 0 heterocycles. The quantitative estimate of drug-likeness (QED) is 0.774. The maximum absolute atomic E-state index is 13.4. The maximum Gasteiger partial charge on any atom is 0.323 e. The molecule has 0 bridgehead atoms. The lowest BCUT2D eigenvalue weighted by molar-refractivity contribution is 0.262. The molecule has 0 spiro atoms. The second-order valence-electron chi connectivity index (χ2n) is 3.80. The van der Waals surface area contributed by atoms with E-state index in [2.05, 4.69) is 26.6 Å². The molecule has 0 radical (unpaired) electrons. The Kier molecular flexibility index (Phi) is 4.57. The molecule has 0 saturated carbocycles. The Bertz CT molecular complexity index is 667. The SMILES string of the molecule is O=C(Nc1ccc(F)cc1F)Nc1cccc(Cl)c1Br. The topological polar surface area (TPSA) is 41.1 Å². The monoisotopic (exact) mass is 360 g/mol. The van der Waals surface area contributed by atoms with Crippen molar-refractivity contribution in [1.82, 2.24) is 0 Å². The van der Waals surface area contributed by atoms with Gasteiger partial charge in [0.25, 0.3) is 0 Å². The van der Waals surface area contributed by atoms with Crippen LogP contribution in [0.3, 0.4) is 0 Å². The van der Waals surface area contributed by atoms with Crippen LogP contribution in [0.1, 0.15) is 0 Å². The van der Waals surface area contributed by atoms with Crippen LogP contribution in [0.25, 0.3) is 0 Å². The molecule has 104 valence electrons. The van der Waals surface area contributed by atoms with Gasteiger partial charge in [-0.3, -0.25) is 0 Å². The molecule has 2 aromatic rings. The number of rotatable bonds is 2. The van der Waals surface area contributed by atoms with Crippen molar-refractivity contribution >= 4 is 44.9 Å². The summed E-state index contributed by atoms with van der Waals surface area (Å²) in [4.78, 5) is 11.7. The number of hydrogen-bond acceptors (Lipinski definition) is 1. The number of halogens is 4. The molecule has 0 aliphatic carbocycles. The second kappa shape index (κ2) is 6.19. The van der Waals surface area contributed by atoms with Crippen LogP contribution >= 0.6 is 27.5 Å². The molecule has 0 aliphatic rings. The van der Waals surface area contributed by atoms with E-state index < -0.39 is 17.7 Å². The third-order valence-electron chi connectivity index (χ3n) is 2.38. The van der Waals surface area contributed by atoms with E-state index in [1.54, 1.807) is 18.2 Å². The van der Waals surface area contributed by atoms with E-state index in [-0.39, 0.29) is 5.69 Å². The van der Waals surface area contributed by atoms with Gasteiger partial charge in [-0.15, -0.1) is 0 Å². The van der Waals surface area contributed by atoms with Gasteiger partial charge in [-0.25, -0.2) is 13.6 Å². The van der Waals surface area contributed by atoms with Gasteiger partial charge in [-0.1, -0.05) is 17.7 Å². The molecule has 3 nitrogen and oxygen atoms in total. The van der Waals surface area contributed by atoms with Gasteiger partial charge >= 0.3 is 6.03 Å². The molecule has 2 aromatic carbocycles. The second-order valence-corrected chi connectivity index (χ2v) is 5.00. The van der Waals surface area contributed by atoms with E-state index in [0.717, 1.165) is 12.1 Å². The highest BCUT2D eigenvalue weighted by Gasteiger charge is 2.10. The number of hydrogen-bond donors (Lipinski definition) is 2. The minimum absolute atomic E-state index is 0.123. The van der Waals surface area contributed by atoms with Gasteiger partial charge in [0, 0.05) is 6.07 Å². The molecule has 0 aromatic heterocycles. The van der Waals surface area contributed by atoms with E-state index in [0.29, 0.717) is 21.2 Å². The summed E-state index contributed by atoms with van der Waals surface area (Å²) < 4.78 is 26.6. The number of benzene rings is 2. The zero-order valence-corrected chi connectivity index (χ0v) is 12.2. The highest BCUT2D eigenvalue weighted by molar-refractivity contribution is 9.10. The molecule has 2 N–H and O–H groups in total. The fraction of sp³-hybridized carbons (Fsp3) is 0. The molecule has 0 aliphatic heterocycles. The number of urea groups is 1. The predicted molar refractivity (Wildman–Crippen MR) is 78.2 cm³/mol. The Morgan fingerprint density at radius 1 is 1.10 bits per heavy atom. The van der Waals surface area contributed by atoms with Crippen LogP contribution in [-0.2, 0) is 0 Å². The van der Waals surface area contributed by atoms with Crippen LogP contribution in [0.2, 0.25) is 5.02 Å². The molecule has 2 rings (SSSR count). The number of carbonyl (C=O) groups is 1. The van der Waals surface area contributed by atoms with Gasteiger partial charge in [0.2, 0.25) is 0 Å². The maximum atomic E-state index is 13.4. The van der Waals surface area contributed by atoms with Crippen LogP contribution in [-0.4, -0.2) is 6.03 Å². The van der Waals surface area contributed by atoms with E-state index in [1.165, 1.54) is 0 Å². The van der Waals surface area contributed by atoms with Gasteiger partial charge in [0.15, 0.2) is 0 Å². The fourth-order valence-electron chi connectivity index (χ4n) is 1.47. The summed E-state index contributed by atoms with van der Waals surface area (Å²) in [5.41, 5.74) is 0.305. The molecule has 2 amide bonds. The van der Waals surface area contributed by atoms with Crippen LogP contribution < -0.4 is 10.6 Å². The Hall–Kier alpha value is -1.66. The molecular formula is C13H8BrClF2N2O. The van der Waals surface area contributed by atoms with Crippen molar-refractivity contribution < 1.29 is 13.6 Å². The van der Waals surface area contributed by atoms with E-state index in [1.807, 2.05) is 0 Å². The van der Waals surface area contributed by atoms with E-state index in [9.17, 15) is 13.6 Å². The zero-order valence-electron chi connectivity index (χ0n) is 9.88. The Morgan fingerprint density at radius 3 is 2.50 bits per heavy atom. The third-order valence-corrected chi connectivity index (χ3v) is 3.78. The van der Waals surface area contributed by atoms with Gasteiger partial charge < -0.3 is 10.6 Å². The van der Waals surface area contributed by atoms with Crippen molar-refractivity contribution in [3.63, 3.8) is 0 Å². The van der Waals surface area contributed by atoms with Crippen LogP contribution in [0.4, 0.5) is 25.0 Å². The lowest BCUT2D eigenvalue weighted by Gasteiger charge is -2.10. The van der Waals surface area contributed by atoms with Crippen LogP contribution in [0, 0.1) is 11.6 Å². The van der Waals surface area contributed by atoms with Crippen molar-refractivity contribution in [3.8, 4) is 0 Å². The number of amides is 2. The number of nitrogens with one attached hydrogen (secondary N) is 2. The highest BCUT2D eigenvalue weighted by Crippen LogP contribution is 2.30. The average molecular weight is 362 g/mol. The zero-order chi connectivity index (χ0) is 14.7. The minimum Gasteiger partial charge on any atom is -0.307 e. The standard InChI is InChI=1S/C13H8BrClF2N2O/c14-12-8(15)2-1-3-11(12)19-13(20)18-10-5-4-7(16)6-9(10)17/h1-6H,(H2,18,19,20). The van der Waals surface area contributed by atoms with Crippen molar-refractivity contribution in [2.75, 3.05) is 10.6 Å². The Balaban J connectivity index is 2.11. The van der Waals surface area contributed by atoms with Gasteiger partial charge in [0.1, 0.15) is 11.6 Å². The predicted octanol–water partition coefficient (Wildman–Crippen LogP) is 5.02. The lowest BCUT2D eigenvalue weighted by atomic mass is 10.3. The van der Waals surface area contributed by atoms with Gasteiger partial charge in [0.05, 0.1) is 20.9 Å². The fourth-order valence-corrected chi connectivity index (χ4v) is 2.01. The molecule has 0 unspecified atom stereocenters. The summed E-state index contributed by atoms with van der Waals surface area (Å²) >= 11 is 9.10. The first-order valence-corrected chi connectivity index (χ1v) is 6.61. The summed E-state index contributed by atoms with van der Waals surface area (Å²) in [6, 6.07) is 7.13. The minimum atomic E-state index is -0.856. The largest absolute Gasteiger partial charge is 0.323 e. The van der Waals surface area contributed by atoms with Gasteiger partial charge in [-0.2, -0.15) is 0 Å². The first kappa shape index (κ1) is 14.7. The summed E-state index contributed by atoms with van der Waals surface area (Å²) in [6.07, 6.45) is 0. The Morgan fingerprint density at radius 2 is 1.80 bits per heavy atom. The molecule has 20 heavy (non-hydrogen) atoms. The van der Waals surface area contributed by atoms with Crippen molar-refractivity contribution in [2.24, 2.45) is 0 Å². The Labute approximate surface area is 127 Å². The van der Waals surface area contributed by atoms with Crippen molar-refractivity contribution in [3.05, 3.63) is 57.5 Å². The number of carbonyl (C=O) groups excluding carboxylic acids is 1. The van der Waals surface area contributed by atoms with Crippen molar-refractivity contribution in [1.29, 1.82) is 0 Å². The normalized spacial score (nSPS) is 10.2. The lowest BCUT2D eigenvalue weighted by Crippen LogP contribution is -2.20. The average Bonchev–Trinajstić information content (AvgIpc) is 2.38. The summed E-state index contributed by atoms with van der Waals surface area (Å²) in [5.74, 6) is -1.57. The molecular weight excluding hydrogens is 354 g/mol. The first-order valence-electron chi connectivity index (χ1n) is 5.44. The first-order chi connectivity index (χ1) is 9.47. The molecule has 7 heteroatoms. The van der Waals surface area contributed by atoms with E-state index >= 15 is 0 Å². The summed E-state index contributed by atoms with van der Waals surface area (Å²) in [6.45, 7) is 0.